The number of rotatable bonds is 5. The van der Waals surface area contributed by atoms with Crippen molar-refractivity contribution in [2.45, 2.75) is 45.2 Å². The Morgan fingerprint density at radius 3 is 2.00 bits per heavy atom. The quantitative estimate of drug-likeness (QED) is 0.563. The van der Waals surface area contributed by atoms with Crippen LogP contribution >= 0.6 is 23.2 Å². The summed E-state index contributed by atoms with van der Waals surface area (Å²) in [5, 5.41) is 1.58. The number of likely N-dealkylation sites (tertiary alicyclic amines) is 1. The van der Waals surface area contributed by atoms with Crippen LogP contribution in [-0.2, 0) is 13.0 Å². The number of benzene rings is 2. The zero-order valence-corrected chi connectivity index (χ0v) is 20.7. The molecule has 1 unspecified atom stereocenters. The fraction of sp³-hybridized carbons (Fsp3) is 0.400. The molecular weight excluding hydrogens is 479 g/mol. The molecule has 4 rings (SSSR count). The third-order valence-corrected chi connectivity index (χ3v) is 6.97. The van der Waals surface area contributed by atoms with Crippen molar-refractivity contribution in [3.8, 4) is 0 Å². The lowest BCUT2D eigenvalue weighted by Gasteiger charge is -2.39. The van der Waals surface area contributed by atoms with Gasteiger partial charge in [0.25, 0.3) is 0 Å². The van der Waals surface area contributed by atoms with E-state index in [1.54, 1.807) is 0 Å². The Balaban J connectivity index is 0.00000256. The average molecular weight is 508 g/mol. The minimum absolute atomic E-state index is 0. The van der Waals surface area contributed by atoms with Gasteiger partial charge in [0.05, 0.1) is 5.92 Å². The van der Waals surface area contributed by atoms with Gasteiger partial charge < -0.3 is 21.9 Å². The number of nitrogens with zero attached hydrogens (tertiary/aromatic N) is 2. The van der Waals surface area contributed by atoms with E-state index < -0.39 is 0 Å². The first-order valence-electron chi connectivity index (χ1n) is 10.5. The molecule has 2 aliphatic rings. The van der Waals surface area contributed by atoms with Crippen LogP contribution in [-0.4, -0.2) is 34.3 Å². The van der Waals surface area contributed by atoms with Crippen LogP contribution in [0.5, 0.6) is 0 Å². The van der Waals surface area contributed by atoms with Crippen molar-refractivity contribution in [3.63, 3.8) is 0 Å². The van der Waals surface area contributed by atoms with Crippen LogP contribution in [0.25, 0.3) is 0 Å². The molecule has 0 aliphatic carbocycles. The minimum atomic E-state index is -0.00799. The Morgan fingerprint density at radius 1 is 0.900 bits per heavy atom. The monoisotopic (exact) mass is 506 g/mol. The first-order valence-corrected chi connectivity index (χ1v) is 11.2. The largest absolute Gasteiger partial charge is 1.00 e. The van der Waals surface area contributed by atoms with Crippen LogP contribution in [0, 0.1) is 5.92 Å². The molecule has 0 bridgehead atoms. The molecule has 2 aromatic carbocycles. The van der Waals surface area contributed by atoms with Crippen LogP contribution in [0.2, 0.25) is 10.0 Å². The lowest BCUT2D eigenvalue weighted by molar-refractivity contribution is -0.621. The van der Waals surface area contributed by atoms with Crippen LogP contribution in [0.15, 0.2) is 60.3 Å². The summed E-state index contributed by atoms with van der Waals surface area (Å²) in [7, 11) is 0. The molecule has 0 N–H and O–H groups in total. The van der Waals surface area contributed by atoms with Gasteiger partial charge in [-0.25, -0.2) is 4.58 Å². The second-order valence-electron chi connectivity index (χ2n) is 8.73. The lowest BCUT2D eigenvalue weighted by Crippen LogP contribution is -3.00. The topological polar surface area (TPSA) is 6.25 Å². The fourth-order valence-electron chi connectivity index (χ4n) is 4.59. The van der Waals surface area contributed by atoms with E-state index in [4.69, 9.17) is 23.2 Å². The Bertz CT molecular complexity index is 911. The Hall–Kier alpha value is -1.29. The normalized spacial score (nSPS) is 20.4. The van der Waals surface area contributed by atoms with E-state index in [0.717, 1.165) is 23.0 Å². The summed E-state index contributed by atoms with van der Waals surface area (Å²) in [5.41, 5.74) is 4.09. The van der Waals surface area contributed by atoms with E-state index in [1.165, 1.54) is 42.8 Å². The first kappa shape index (κ1) is 23.4. The number of halogens is 3. The van der Waals surface area contributed by atoms with Crippen molar-refractivity contribution < 1.29 is 21.6 Å². The van der Waals surface area contributed by atoms with Gasteiger partial charge in [0.1, 0.15) is 0 Å². The molecule has 0 spiro atoms. The summed E-state index contributed by atoms with van der Waals surface area (Å²) in [6, 6.07) is 16.5. The first-order chi connectivity index (χ1) is 13.9. The smallest absolute Gasteiger partial charge is 0.168 e. The molecule has 1 saturated heterocycles. The lowest BCUT2D eigenvalue weighted by atomic mass is 9.77. The summed E-state index contributed by atoms with van der Waals surface area (Å²) >= 11 is 12.2. The molecule has 30 heavy (non-hydrogen) atoms. The van der Waals surface area contributed by atoms with Crippen molar-refractivity contribution in [3.05, 3.63) is 81.5 Å². The molecule has 0 aromatic heterocycles. The molecule has 160 valence electrons. The summed E-state index contributed by atoms with van der Waals surface area (Å²) < 4.78 is 2.48. The van der Waals surface area contributed by atoms with E-state index in [0.29, 0.717) is 5.92 Å². The third-order valence-electron chi connectivity index (χ3n) is 6.47. The van der Waals surface area contributed by atoms with Crippen molar-refractivity contribution >= 4 is 29.4 Å². The Morgan fingerprint density at radius 2 is 1.43 bits per heavy atom. The standard InChI is InChI=1S/C25H29Cl2N2.BrH/c1-25(2)23(17-19-5-9-21(26)10-6-19)24(28-14-3-4-15-28)13-16-29(25)18-20-7-11-22(27)12-8-20;/h5-13,16,23H,3-4,14-15,17-18H2,1-2H3;1H/q+1;/p-1. The second-order valence-corrected chi connectivity index (χ2v) is 9.60. The molecule has 2 aliphatic heterocycles. The predicted octanol–water partition coefficient (Wildman–Crippen LogP) is 3.21. The van der Waals surface area contributed by atoms with Crippen LogP contribution in [0.4, 0.5) is 0 Å². The van der Waals surface area contributed by atoms with Gasteiger partial charge in [0.15, 0.2) is 18.3 Å². The Kier molecular flexibility index (Phi) is 7.71. The minimum Gasteiger partial charge on any atom is -1.00 e. The van der Waals surface area contributed by atoms with Gasteiger partial charge in [-0.3, -0.25) is 0 Å². The predicted molar refractivity (Wildman–Crippen MR) is 123 cm³/mol. The SMILES string of the molecule is CC1(C)C(Cc2ccc(Cl)cc2)C(N2CCCC2)=CC=[N+]1Cc1ccc(Cl)cc1.[Br-]. The van der Waals surface area contributed by atoms with Crippen LogP contribution in [0.1, 0.15) is 37.8 Å². The highest BCUT2D eigenvalue weighted by Gasteiger charge is 2.45. The van der Waals surface area contributed by atoms with Gasteiger partial charge in [-0.1, -0.05) is 47.5 Å². The van der Waals surface area contributed by atoms with Gasteiger partial charge >= 0.3 is 0 Å². The summed E-state index contributed by atoms with van der Waals surface area (Å²) in [6.07, 6.45) is 8.24. The zero-order chi connectivity index (χ0) is 20.4. The highest BCUT2D eigenvalue weighted by Crippen LogP contribution is 2.37. The van der Waals surface area contributed by atoms with Crippen molar-refractivity contribution in [2.24, 2.45) is 5.92 Å². The van der Waals surface area contributed by atoms with Gasteiger partial charge in [0.2, 0.25) is 0 Å². The van der Waals surface area contributed by atoms with E-state index in [-0.39, 0.29) is 22.5 Å². The van der Waals surface area contributed by atoms with E-state index in [1.807, 2.05) is 24.3 Å². The molecule has 2 nitrogen and oxygen atoms in total. The van der Waals surface area contributed by atoms with Crippen LogP contribution < -0.4 is 17.0 Å². The van der Waals surface area contributed by atoms with Gasteiger partial charge in [-0.2, -0.15) is 0 Å². The molecule has 2 heterocycles. The van der Waals surface area contributed by atoms with E-state index in [9.17, 15) is 0 Å². The maximum absolute atomic E-state index is 6.13. The maximum atomic E-state index is 6.13. The van der Waals surface area contributed by atoms with Crippen molar-refractivity contribution in [1.82, 2.24) is 4.90 Å². The third kappa shape index (κ3) is 5.12. The average Bonchev–Trinajstić information content (AvgIpc) is 3.23. The molecule has 5 heteroatoms. The number of allylic oxidation sites excluding steroid dienone is 1. The molecule has 0 amide bonds. The van der Waals surface area contributed by atoms with Gasteiger partial charge in [-0.05, 0) is 49.1 Å². The summed E-state index contributed by atoms with van der Waals surface area (Å²) in [4.78, 5) is 2.60. The zero-order valence-electron chi connectivity index (χ0n) is 17.6. The molecule has 1 fully saturated rings. The van der Waals surface area contributed by atoms with E-state index >= 15 is 0 Å². The van der Waals surface area contributed by atoms with Crippen LogP contribution in [0.3, 0.4) is 0 Å². The second kappa shape index (κ2) is 9.89. The van der Waals surface area contributed by atoms with Crippen molar-refractivity contribution in [2.75, 3.05) is 13.1 Å². The highest BCUT2D eigenvalue weighted by atomic mass is 79.9. The summed E-state index contributed by atoms with van der Waals surface area (Å²) in [6.45, 7) is 7.98. The molecule has 2 aromatic rings. The van der Waals surface area contributed by atoms with Gasteiger partial charge in [-0.15, -0.1) is 0 Å². The highest BCUT2D eigenvalue weighted by molar-refractivity contribution is 6.30. The molecule has 0 radical (unpaired) electrons. The van der Waals surface area contributed by atoms with E-state index in [2.05, 4.69) is 59.9 Å². The number of hydrogen-bond donors (Lipinski definition) is 0. The molecular formula is C25H29BrCl2N2. The Labute approximate surface area is 201 Å². The van der Waals surface area contributed by atoms with Gasteiger partial charge in [0, 0.05) is 54.3 Å². The maximum Gasteiger partial charge on any atom is 0.168 e. The van der Waals surface area contributed by atoms with Crippen molar-refractivity contribution in [1.29, 1.82) is 0 Å². The molecule has 0 saturated carbocycles. The summed E-state index contributed by atoms with van der Waals surface area (Å²) in [5.74, 6) is 0.416. The fourth-order valence-corrected chi connectivity index (χ4v) is 4.84. The molecule has 1 atom stereocenters. The number of hydrogen-bond acceptors (Lipinski definition) is 1.